The van der Waals surface area contributed by atoms with E-state index in [4.69, 9.17) is 19.3 Å². The van der Waals surface area contributed by atoms with Gasteiger partial charge in [0.15, 0.2) is 0 Å². The number of nitrogens with one attached hydrogen (secondary N) is 1. The first-order valence-corrected chi connectivity index (χ1v) is 10.7. The van der Waals surface area contributed by atoms with Crippen molar-refractivity contribution >= 4 is 23.5 Å². The molecule has 9 nitrogen and oxygen atoms in total. The van der Waals surface area contributed by atoms with E-state index in [9.17, 15) is 14.4 Å². The number of likely N-dealkylation sites (N-methyl/N-ethyl adjacent to an activating group) is 1. The van der Waals surface area contributed by atoms with Gasteiger partial charge in [-0.25, -0.2) is 0 Å². The maximum absolute atomic E-state index is 13.2. The second-order valence-electron chi connectivity index (χ2n) is 8.35. The number of amides is 2. The summed E-state index contributed by atoms with van der Waals surface area (Å²) in [7, 11) is 1.73. The van der Waals surface area contributed by atoms with E-state index in [1.807, 2.05) is 0 Å². The van der Waals surface area contributed by atoms with Gasteiger partial charge in [-0.3, -0.25) is 14.4 Å². The summed E-state index contributed by atoms with van der Waals surface area (Å²) < 4.78 is 17.2. The van der Waals surface area contributed by atoms with Crippen LogP contribution in [0.15, 0.2) is 18.2 Å². The van der Waals surface area contributed by atoms with E-state index < -0.39 is 12.1 Å². The zero-order chi connectivity index (χ0) is 22.0. The zero-order valence-corrected chi connectivity index (χ0v) is 17.5. The lowest BCUT2D eigenvalue weighted by molar-refractivity contribution is -0.148. The highest BCUT2D eigenvalue weighted by atomic mass is 16.5. The Kier molecular flexibility index (Phi) is 6.43. The first-order valence-electron chi connectivity index (χ1n) is 10.7. The molecule has 4 rings (SSSR count). The van der Waals surface area contributed by atoms with Crippen molar-refractivity contribution < 1.29 is 33.7 Å². The van der Waals surface area contributed by atoms with Crippen LogP contribution >= 0.6 is 0 Å². The van der Waals surface area contributed by atoms with Crippen molar-refractivity contribution in [1.82, 2.24) is 4.90 Å². The van der Waals surface area contributed by atoms with Crippen LogP contribution in [0.25, 0.3) is 0 Å². The Bertz CT molecular complexity index is 852. The number of carbonyl (C=O) groups excluding carboxylic acids is 2. The molecular formula is C22H28N2O7. The van der Waals surface area contributed by atoms with Gasteiger partial charge in [0.25, 0.3) is 5.91 Å². The van der Waals surface area contributed by atoms with Crippen molar-refractivity contribution in [2.45, 2.75) is 50.4 Å². The Morgan fingerprint density at radius 2 is 1.97 bits per heavy atom. The third kappa shape index (κ3) is 4.83. The quantitative estimate of drug-likeness (QED) is 0.747. The van der Waals surface area contributed by atoms with E-state index in [1.54, 1.807) is 30.1 Å². The van der Waals surface area contributed by atoms with Crippen LogP contribution in [0.4, 0.5) is 5.69 Å². The van der Waals surface area contributed by atoms with E-state index >= 15 is 0 Å². The average Bonchev–Trinajstić information content (AvgIpc) is 2.77. The number of rotatable bonds is 4. The van der Waals surface area contributed by atoms with Gasteiger partial charge in [0.2, 0.25) is 5.91 Å². The van der Waals surface area contributed by atoms with Crippen LogP contribution in [0.1, 0.15) is 42.5 Å². The fraction of sp³-hybridized carbons (Fsp3) is 0.591. The largest absolute Gasteiger partial charge is 0.490 e. The molecule has 3 atom stereocenters. The highest BCUT2D eigenvalue weighted by Gasteiger charge is 2.39. The normalized spacial score (nSPS) is 26.7. The number of carboxylic acids is 1. The van der Waals surface area contributed by atoms with Gasteiger partial charge in [0.1, 0.15) is 18.5 Å². The molecule has 9 heteroatoms. The molecule has 2 saturated heterocycles. The molecule has 0 unspecified atom stereocenters. The van der Waals surface area contributed by atoms with Gasteiger partial charge in [-0.2, -0.15) is 0 Å². The lowest BCUT2D eigenvalue weighted by Gasteiger charge is -2.42. The summed E-state index contributed by atoms with van der Waals surface area (Å²) in [4.78, 5) is 38.4. The molecule has 1 aromatic rings. The van der Waals surface area contributed by atoms with Gasteiger partial charge < -0.3 is 29.5 Å². The number of hydrogen-bond acceptors (Lipinski definition) is 6. The molecule has 0 saturated carbocycles. The minimum atomic E-state index is -0.902. The van der Waals surface area contributed by atoms with Crippen molar-refractivity contribution in [2.24, 2.45) is 5.92 Å². The number of benzene rings is 1. The topological polar surface area (TPSA) is 114 Å². The summed E-state index contributed by atoms with van der Waals surface area (Å²) in [5.41, 5.74) is 0.942. The molecule has 0 aliphatic carbocycles. The molecule has 2 fully saturated rings. The van der Waals surface area contributed by atoms with Gasteiger partial charge in [-0.05, 0) is 43.9 Å². The summed E-state index contributed by atoms with van der Waals surface area (Å²) in [6.45, 7) is 1.38. The van der Waals surface area contributed by atoms with E-state index in [0.717, 1.165) is 0 Å². The highest BCUT2D eigenvalue weighted by Crippen LogP contribution is 2.32. The van der Waals surface area contributed by atoms with Crippen molar-refractivity contribution in [2.75, 3.05) is 32.2 Å². The van der Waals surface area contributed by atoms with E-state index in [1.165, 1.54) is 0 Å². The predicted molar refractivity (Wildman–Crippen MR) is 110 cm³/mol. The summed E-state index contributed by atoms with van der Waals surface area (Å²) in [5.74, 6) is -0.860. The number of carbonyl (C=O) groups is 3. The van der Waals surface area contributed by atoms with Gasteiger partial charge in [0.05, 0.1) is 24.1 Å². The fourth-order valence-corrected chi connectivity index (χ4v) is 4.50. The number of fused-ring (bicyclic) bond motifs is 2. The Labute approximate surface area is 180 Å². The molecule has 2 amide bonds. The monoisotopic (exact) mass is 432 g/mol. The van der Waals surface area contributed by atoms with E-state index in [0.29, 0.717) is 55.9 Å². The van der Waals surface area contributed by atoms with Crippen LogP contribution in [0.3, 0.4) is 0 Å². The van der Waals surface area contributed by atoms with E-state index in [-0.39, 0.29) is 42.9 Å². The fourth-order valence-electron chi connectivity index (χ4n) is 4.50. The number of nitrogens with zero attached hydrogens (tertiary/aromatic N) is 1. The number of aliphatic carboxylic acids is 1. The molecule has 3 aliphatic heterocycles. The van der Waals surface area contributed by atoms with Crippen molar-refractivity contribution in [3.8, 4) is 5.75 Å². The molecular weight excluding hydrogens is 404 g/mol. The molecule has 0 bridgehead atoms. The molecule has 2 N–H and O–H groups in total. The maximum Gasteiger partial charge on any atom is 0.305 e. The second-order valence-corrected chi connectivity index (χ2v) is 8.35. The Balaban J connectivity index is 1.49. The first kappa shape index (κ1) is 21.6. The van der Waals surface area contributed by atoms with E-state index in [2.05, 4.69) is 5.32 Å². The van der Waals surface area contributed by atoms with Crippen molar-refractivity contribution in [3.05, 3.63) is 23.8 Å². The number of carboxylic acid groups (broad SMARTS) is 1. The van der Waals surface area contributed by atoms with Gasteiger partial charge in [0, 0.05) is 31.9 Å². The van der Waals surface area contributed by atoms with Crippen molar-refractivity contribution in [3.63, 3.8) is 0 Å². The number of anilines is 1. The Hall–Kier alpha value is -2.65. The van der Waals surface area contributed by atoms with Crippen LogP contribution in [0, 0.1) is 5.92 Å². The highest BCUT2D eigenvalue weighted by molar-refractivity contribution is 6.00. The summed E-state index contributed by atoms with van der Waals surface area (Å²) >= 11 is 0. The number of hydrogen-bond donors (Lipinski definition) is 2. The lowest BCUT2D eigenvalue weighted by Crippen LogP contribution is -2.53. The summed E-state index contributed by atoms with van der Waals surface area (Å²) in [5, 5.41) is 12.0. The Morgan fingerprint density at radius 1 is 1.19 bits per heavy atom. The molecule has 0 spiro atoms. The average molecular weight is 432 g/mol. The van der Waals surface area contributed by atoms with Crippen molar-refractivity contribution in [1.29, 1.82) is 0 Å². The molecule has 1 aromatic carbocycles. The molecule has 3 heterocycles. The molecule has 31 heavy (non-hydrogen) atoms. The number of ether oxygens (including phenoxy) is 3. The third-order valence-electron chi connectivity index (χ3n) is 6.27. The smallest absolute Gasteiger partial charge is 0.305 e. The van der Waals surface area contributed by atoms with Crippen LogP contribution < -0.4 is 10.1 Å². The molecule has 0 radical (unpaired) electrons. The standard InChI is InChI=1S/C22H28N2O7/c1-24-17-4-3-15(11-20(25)26)31-19(17)12-30-18-5-2-14(10-16(18)22(24)28)23-21(27)13-6-8-29-9-7-13/h2,5,10,13,15,17,19H,3-4,6-9,11-12H2,1H3,(H,23,27)(H,25,26)/t15-,17-,19-/m1/s1. The van der Waals surface area contributed by atoms with Gasteiger partial charge in [-0.15, -0.1) is 0 Å². The minimum Gasteiger partial charge on any atom is -0.490 e. The predicted octanol–water partition coefficient (Wildman–Crippen LogP) is 1.91. The third-order valence-corrected chi connectivity index (χ3v) is 6.27. The van der Waals surface area contributed by atoms with Crippen LogP contribution in [0.5, 0.6) is 5.75 Å². The van der Waals surface area contributed by atoms with Gasteiger partial charge in [-0.1, -0.05) is 0 Å². The second kappa shape index (κ2) is 9.23. The van der Waals surface area contributed by atoms with Crippen LogP contribution in [-0.4, -0.2) is 72.9 Å². The Morgan fingerprint density at radius 3 is 2.71 bits per heavy atom. The lowest BCUT2D eigenvalue weighted by atomic mass is 9.94. The minimum absolute atomic E-state index is 0.0619. The maximum atomic E-state index is 13.2. The van der Waals surface area contributed by atoms with Crippen LogP contribution in [0.2, 0.25) is 0 Å². The molecule has 3 aliphatic rings. The zero-order valence-electron chi connectivity index (χ0n) is 17.5. The molecule has 168 valence electrons. The SMILES string of the molecule is CN1C(=O)c2cc(NC(=O)C3CCOCC3)ccc2OC[C@H]2O[C@@H](CC(=O)O)CC[C@H]21. The summed E-state index contributed by atoms with van der Waals surface area (Å²) in [6.07, 6.45) is 1.75. The first-order chi connectivity index (χ1) is 14.9. The van der Waals surface area contributed by atoms with Gasteiger partial charge >= 0.3 is 5.97 Å². The summed E-state index contributed by atoms with van der Waals surface area (Å²) in [6, 6.07) is 4.85. The van der Waals surface area contributed by atoms with Crippen LogP contribution in [-0.2, 0) is 19.1 Å². The molecule has 0 aromatic heterocycles.